The maximum Gasteiger partial charge on any atom is 0.338 e. The Kier molecular flexibility index (Phi) is 6.39. The molecule has 2 aliphatic heterocycles. The average molecular weight is 453 g/mol. The number of aliphatic imine (C=N–C) groups is 1. The highest BCUT2D eigenvalue weighted by atomic mass is 79.9. The minimum absolute atomic E-state index is 0.0269. The number of amides is 1. The summed E-state index contributed by atoms with van der Waals surface area (Å²) in [5.41, 5.74) is 1.80. The molecule has 0 unspecified atom stereocenters. The van der Waals surface area contributed by atoms with Gasteiger partial charge in [0.1, 0.15) is 6.61 Å². The summed E-state index contributed by atoms with van der Waals surface area (Å²) in [6, 6.07) is 7.07. The summed E-state index contributed by atoms with van der Waals surface area (Å²) in [6.07, 6.45) is 0.705. The molecule has 1 aromatic carbocycles. The Morgan fingerprint density at radius 1 is 1.37 bits per heavy atom. The number of allylic oxidation sites excluding steroid dienone is 1. The first-order chi connectivity index (χ1) is 13.0. The SMILES string of the molecule is CC[C@@H]1SC2=NC(C)=C(C(=O)OCCOC)[C@H](c3cccc(Br)c3)N2C1=O. The van der Waals surface area contributed by atoms with Gasteiger partial charge in [-0.15, -0.1) is 0 Å². The molecule has 2 atom stereocenters. The molecule has 3 rings (SSSR count). The summed E-state index contributed by atoms with van der Waals surface area (Å²) in [5.74, 6) is -0.504. The normalized spacial score (nSPS) is 22.0. The highest BCUT2D eigenvalue weighted by molar-refractivity contribution is 9.10. The Balaban J connectivity index is 2.05. The van der Waals surface area contributed by atoms with E-state index in [1.54, 1.807) is 18.9 Å². The Bertz CT molecular complexity index is 824. The largest absolute Gasteiger partial charge is 0.460 e. The van der Waals surface area contributed by atoms with Gasteiger partial charge in [-0.05, 0) is 31.0 Å². The first-order valence-electron chi connectivity index (χ1n) is 8.68. The molecule has 2 heterocycles. The van der Waals surface area contributed by atoms with Crippen LogP contribution >= 0.6 is 27.7 Å². The smallest absolute Gasteiger partial charge is 0.338 e. The maximum atomic E-state index is 13.0. The van der Waals surface area contributed by atoms with Gasteiger partial charge in [-0.2, -0.15) is 0 Å². The summed E-state index contributed by atoms with van der Waals surface area (Å²) in [5, 5.41) is 0.456. The van der Waals surface area contributed by atoms with Gasteiger partial charge in [0, 0.05) is 11.6 Å². The van der Waals surface area contributed by atoms with Crippen LogP contribution in [0, 0.1) is 0 Å². The van der Waals surface area contributed by atoms with Crippen molar-refractivity contribution in [1.82, 2.24) is 4.90 Å². The molecule has 1 aromatic rings. The van der Waals surface area contributed by atoms with Gasteiger partial charge in [0.05, 0.1) is 29.2 Å². The second-order valence-electron chi connectivity index (χ2n) is 6.20. The maximum absolute atomic E-state index is 13.0. The van der Waals surface area contributed by atoms with E-state index in [4.69, 9.17) is 9.47 Å². The van der Waals surface area contributed by atoms with Gasteiger partial charge >= 0.3 is 5.97 Å². The molecule has 6 nitrogen and oxygen atoms in total. The Labute approximate surface area is 171 Å². The third kappa shape index (κ3) is 3.97. The van der Waals surface area contributed by atoms with Crippen molar-refractivity contribution in [3.05, 3.63) is 45.6 Å². The summed E-state index contributed by atoms with van der Waals surface area (Å²) in [7, 11) is 1.55. The fraction of sp³-hybridized carbons (Fsp3) is 0.421. The lowest BCUT2D eigenvalue weighted by Crippen LogP contribution is -2.40. The molecule has 0 aromatic heterocycles. The van der Waals surface area contributed by atoms with Crippen LogP contribution in [0.1, 0.15) is 31.9 Å². The van der Waals surface area contributed by atoms with Crippen molar-refractivity contribution < 1.29 is 19.1 Å². The van der Waals surface area contributed by atoms with Gasteiger partial charge in [-0.1, -0.05) is 46.7 Å². The van der Waals surface area contributed by atoms with Gasteiger partial charge in [-0.3, -0.25) is 9.69 Å². The molecule has 0 saturated carbocycles. The molecule has 1 saturated heterocycles. The van der Waals surface area contributed by atoms with Crippen LogP contribution in [-0.4, -0.2) is 47.5 Å². The van der Waals surface area contributed by atoms with Gasteiger partial charge < -0.3 is 9.47 Å². The molecule has 0 radical (unpaired) electrons. The highest BCUT2D eigenvalue weighted by Crippen LogP contribution is 2.44. The number of hydrogen-bond donors (Lipinski definition) is 0. The number of fused-ring (bicyclic) bond motifs is 1. The Morgan fingerprint density at radius 2 is 2.15 bits per heavy atom. The number of thioether (sulfide) groups is 1. The third-order valence-electron chi connectivity index (χ3n) is 4.43. The van der Waals surface area contributed by atoms with Crippen molar-refractivity contribution in [1.29, 1.82) is 0 Å². The second kappa shape index (κ2) is 8.58. The number of benzene rings is 1. The number of methoxy groups -OCH3 is 1. The molecular formula is C19H21BrN2O4S. The number of halogens is 1. The van der Waals surface area contributed by atoms with Crippen LogP contribution in [0.4, 0.5) is 0 Å². The lowest BCUT2D eigenvalue weighted by atomic mass is 9.94. The van der Waals surface area contributed by atoms with Crippen molar-refractivity contribution in [2.45, 2.75) is 31.6 Å². The third-order valence-corrected chi connectivity index (χ3v) is 6.24. The van der Waals surface area contributed by atoms with Crippen molar-refractivity contribution in [3.8, 4) is 0 Å². The van der Waals surface area contributed by atoms with E-state index in [0.717, 1.165) is 10.0 Å². The molecule has 0 bridgehead atoms. The van der Waals surface area contributed by atoms with E-state index in [9.17, 15) is 9.59 Å². The van der Waals surface area contributed by atoms with E-state index in [-0.39, 0.29) is 17.8 Å². The van der Waals surface area contributed by atoms with Crippen LogP contribution in [-0.2, 0) is 19.1 Å². The summed E-state index contributed by atoms with van der Waals surface area (Å²) in [4.78, 5) is 32.0. The number of ether oxygens (including phenoxy) is 2. The van der Waals surface area contributed by atoms with E-state index in [2.05, 4.69) is 20.9 Å². The van der Waals surface area contributed by atoms with Crippen LogP contribution in [0.5, 0.6) is 0 Å². The van der Waals surface area contributed by atoms with E-state index >= 15 is 0 Å². The van der Waals surface area contributed by atoms with Crippen molar-refractivity contribution in [3.63, 3.8) is 0 Å². The molecule has 2 aliphatic rings. The number of carbonyl (C=O) groups is 2. The van der Waals surface area contributed by atoms with Gasteiger partial charge in [0.15, 0.2) is 5.17 Å². The number of nitrogens with zero attached hydrogens (tertiary/aromatic N) is 2. The number of esters is 1. The van der Waals surface area contributed by atoms with Crippen molar-refractivity contribution in [2.24, 2.45) is 4.99 Å². The summed E-state index contributed by atoms with van der Waals surface area (Å²) in [6.45, 7) is 4.22. The lowest BCUT2D eigenvalue weighted by molar-refractivity contribution is -0.141. The molecule has 0 aliphatic carbocycles. The monoisotopic (exact) mass is 452 g/mol. The molecule has 0 spiro atoms. The lowest BCUT2D eigenvalue weighted by Gasteiger charge is -2.33. The van der Waals surface area contributed by atoms with Crippen LogP contribution in [0.25, 0.3) is 0 Å². The molecule has 8 heteroatoms. The first-order valence-corrected chi connectivity index (χ1v) is 10.4. The van der Waals surface area contributed by atoms with E-state index in [1.807, 2.05) is 31.2 Å². The van der Waals surface area contributed by atoms with Crippen LogP contribution in [0.15, 0.2) is 45.0 Å². The summed E-state index contributed by atoms with van der Waals surface area (Å²) >= 11 is 4.93. The van der Waals surface area contributed by atoms with Gasteiger partial charge in [0.25, 0.3) is 0 Å². The number of hydrogen-bond acceptors (Lipinski definition) is 6. The minimum atomic E-state index is -0.554. The van der Waals surface area contributed by atoms with Crippen molar-refractivity contribution >= 4 is 44.7 Å². The zero-order valence-electron chi connectivity index (χ0n) is 15.4. The predicted molar refractivity (Wildman–Crippen MR) is 108 cm³/mol. The fourth-order valence-electron chi connectivity index (χ4n) is 3.14. The zero-order valence-corrected chi connectivity index (χ0v) is 17.8. The van der Waals surface area contributed by atoms with Crippen LogP contribution in [0.2, 0.25) is 0 Å². The minimum Gasteiger partial charge on any atom is -0.460 e. The standard InChI is InChI=1S/C19H21BrN2O4S/c1-4-14-17(23)22-16(12-6-5-7-13(20)10-12)15(11(2)21-19(22)27-14)18(24)26-9-8-25-3/h5-7,10,14,16H,4,8-9H2,1-3H3/t14-,16-/m0/s1. The zero-order chi connectivity index (χ0) is 19.6. The Hall–Kier alpha value is -1.64. The van der Waals surface area contributed by atoms with Gasteiger partial charge in [-0.25, -0.2) is 9.79 Å². The molecule has 1 amide bonds. The first kappa shape index (κ1) is 20.1. The van der Waals surface area contributed by atoms with Crippen LogP contribution in [0.3, 0.4) is 0 Å². The topological polar surface area (TPSA) is 68.2 Å². The second-order valence-corrected chi connectivity index (χ2v) is 8.29. The molecule has 144 valence electrons. The average Bonchev–Trinajstić information content (AvgIpc) is 2.96. The van der Waals surface area contributed by atoms with E-state index in [0.29, 0.717) is 29.5 Å². The summed E-state index contributed by atoms with van der Waals surface area (Å²) < 4.78 is 11.2. The molecule has 1 fully saturated rings. The number of rotatable bonds is 6. The number of amidine groups is 1. The quantitative estimate of drug-likeness (QED) is 0.486. The van der Waals surface area contributed by atoms with Crippen LogP contribution < -0.4 is 0 Å². The molecule has 0 N–H and O–H groups in total. The van der Waals surface area contributed by atoms with E-state index in [1.165, 1.54) is 11.8 Å². The molecular weight excluding hydrogens is 432 g/mol. The van der Waals surface area contributed by atoms with Gasteiger partial charge in [0.2, 0.25) is 5.91 Å². The fourth-order valence-corrected chi connectivity index (χ4v) is 4.69. The molecule has 27 heavy (non-hydrogen) atoms. The van der Waals surface area contributed by atoms with E-state index < -0.39 is 12.0 Å². The predicted octanol–water partition coefficient (Wildman–Crippen LogP) is 3.68. The van der Waals surface area contributed by atoms with Crippen molar-refractivity contribution in [2.75, 3.05) is 20.3 Å². The number of carbonyl (C=O) groups excluding carboxylic acids is 2. The highest BCUT2D eigenvalue weighted by Gasteiger charge is 2.47. The Morgan fingerprint density at radius 3 is 2.81 bits per heavy atom.